The standard InChI is InChI=1S/C31H32Cl2N4OS/c32-26-17-27(33)19-28(18-26)36-30(38)21-35-31(10-12-37(13-11-31)29-8-14-39-15-9-29)25-6-4-23(5-7-25)24-3-1-2-22(16-24)20-34/h1-7,16-19,29,35H,8-15,21H2,(H,36,38). The second-order valence-electron chi connectivity index (χ2n) is 10.3. The molecule has 5 nitrogen and oxygen atoms in total. The van der Waals surface area contributed by atoms with Crippen LogP contribution in [-0.4, -0.2) is 48.0 Å². The second kappa shape index (κ2) is 12.8. The molecule has 1 amide bonds. The van der Waals surface area contributed by atoms with Crippen molar-refractivity contribution in [3.05, 3.63) is 87.9 Å². The van der Waals surface area contributed by atoms with Gasteiger partial charge in [-0.25, -0.2) is 0 Å². The summed E-state index contributed by atoms with van der Waals surface area (Å²) in [5, 5.41) is 16.8. The molecule has 2 heterocycles. The van der Waals surface area contributed by atoms with Crippen molar-refractivity contribution in [1.29, 1.82) is 5.26 Å². The number of thioether (sulfide) groups is 1. The highest BCUT2D eigenvalue weighted by Gasteiger charge is 2.38. The van der Waals surface area contributed by atoms with Crippen LogP contribution >= 0.6 is 35.0 Å². The summed E-state index contributed by atoms with van der Waals surface area (Å²) in [7, 11) is 0. The first-order chi connectivity index (χ1) is 18.9. The summed E-state index contributed by atoms with van der Waals surface area (Å²) >= 11 is 14.3. The van der Waals surface area contributed by atoms with Gasteiger partial charge in [-0.2, -0.15) is 17.0 Å². The number of carbonyl (C=O) groups is 1. The Morgan fingerprint density at radius 1 is 0.974 bits per heavy atom. The van der Waals surface area contributed by atoms with Gasteiger partial charge < -0.3 is 10.2 Å². The maximum atomic E-state index is 13.0. The molecule has 2 fully saturated rings. The molecule has 0 radical (unpaired) electrons. The fourth-order valence-corrected chi connectivity index (χ4v) is 7.33. The first-order valence-electron chi connectivity index (χ1n) is 13.4. The fourth-order valence-electron chi connectivity index (χ4n) is 5.72. The maximum absolute atomic E-state index is 13.0. The minimum absolute atomic E-state index is 0.135. The molecule has 0 aliphatic carbocycles. The van der Waals surface area contributed by atoms with Gasteiger partial charge in [0.15, 0.2) is 0 Å². The number of amides is 1. The highest BCUT2D eigenvalue weighted by Crippen LogP contribution is 2.36. The molecule has 0 aromatic heterocycles. The van der Waals surface area contributed by atoms with Gasteiger partial charge >= 0.3 is 0 Å². The van der Waals surface area contributed by atoms with E-state index in [2.05, 4.69) is 57.6 Å². The van der Waals surface area contributed by atoms with Gasteiger partial charge in [-0.15, -0.1) is 0 Å². The Morgan fingerprint density at radius 3 is 2.33 bits per heavy atom. The van der Waals surface area contributed by atoms with E-state index in [0.717, 1.165) is 37.1 Å². The Morgan fingerprint density at radius 2 is 1.67 bits per heavy atom. The Balaban J connectivity index is 1.33. The number of nitrogens with one attached hydrogen (secondary N) is 2. The summed E-state index contributed by atoms with van der Waals surface area (Å²) in [4.78, 5) is 15.6. The number of nitriles is 1. The van der Waals surface area contributed by atoms with Crippen LogP contribution in [-0.2, 0) is 10.3 Å². The molecule has 5 rings (SSSR count). The zero-order valence-electron chi connectivity index (χ0n) is 21.8. The van der Waals surface area contributed by atoms with E-state index in [-0.39, 0.29) is 18.0 Å². The quantitative estimate of drug-likeness (QED) is 0.317. The first kappa shape index (κ1) is 28.0. The average molecular weight is 580 g/mol. The number of halogens is 2. The van der Waals surface area contributed by atoms with Gasteiger partial charge in [-0.1, -0.05) is 59.6 Å². The lowest BCUT2D eigenvalue weighted by molar-refractivity contribution is -0.116. The topological polar surface area (TPSA) is 68.2 Å². The monoisotopic (exact) mass is 578 g/mol. The normalized spacial score (nSPS) is 17.9. The fraction of sp³-hybridized carbons (Fsp3) is 0.355. The molecule has 2 aliphatic rings. The molecule has 8 heteroatoms. The van der Waals surface area contributed by atoms with Gasteiger partial charge in [-0.3, -0.25) is 10.1 Å². The minimum Gasteiger partial charge on any atom is -0.325 e. The van der Waals surface area contributed by atoms with Crippen molar-refractivity contribution in [2.75, 3.05) is 36.5 Å². The van der Waals surface area contributed by atoms with E-state index in [4.69, 9.17) is 23.2 Å². The molecule has 2 N–H and O–H groups in total. The Bertz CT molecular complexity index is 1320. The summed E-state index contributed by atoms with van der Waals surface area (Å²) in [6, 6.07) is 24.2. The number of benzene rings is 3. The Hall–Kier alpha value is -2.53. The molecular weight excluding hydrogens is 547 g/mol. The first-order valence-corrected chi connectivity index (χ1v) is 15.3. The molecule has 2 saturated heterocycles. The Labute approximate surface area is 244 Å². The molecular formula is C31H32Cl2N4OS. The van der Waals surface area contributed by atoms with E-state index in [0.29, 0.717) is 27.3 Å². The molecule has 202 valence electrons. The van der Waals surface area contributed by atoms with Crippen LogP contribution < -0.4 is 10.6 Å². The van der Waals surface area contributed by atoms with E-state index in [1.165, 1.54) is 29.9 Å². The number of hydrogen-bond acceptors (Lipinski definition) is 5. The van der Waals surface area contributed by atoms with Crippen LogP contribution in [0.4, 0.5) is 5.69 Å². The number of carbonyl (C=O) groups excluding carboxylic acids is 1. The zero-order chi connectivity index (χ0) is 27.2. The lowest BCUT2D eigenvalue weighted by Crippen LogP contribution is -2.55. The highest BCUT2D eigenvalue weighted by molar-refractivity contribution is 7.99. The minimum atomic E-state index is -0.309. The van der Waals surface area contributed by atoms with Crippen molar-refractivity contribution in [1.82, 2.24) is 10.2 Å². The third-order valence-electron chi connectivity index (χ3n) is 7.85. The molecule has 39 heavy (non-hydrogen) atoms. The van der Waals surface area contributed by atoms with Crippen molar-refractivity contribution >= 4 is 46.6 Å². The van der Waals surface area contributed by atoms with Crippen LogP contribution in [0.2, 0.25) is 10.0 Å². The lowest BCUT2D eigenvalue weighted by Gasteiger charge is -2.46. The number of likely N-dealkylation sites (tertiary alicyclic amines) is 1. The van der Waals surface area contributed by atoms with E-state index in [9.17, 15) is 10.1 Å². The molecule has 3 aromatic carbocycles. The summed E-state index contributed by atoms with van der Waals surface area (Å²) in [6.45, 7) is 2.18. The average Bonchev–Trinajstić information content (AvgIpc) is 2.96. The van der Waals surface area contributed by atoms with Crippen LogP contribution in [0.1, 0.15) is 36.8 Å². The van der Waals surface area contributed by atoms with Crippen molar-refractivity contribution in [2.45, 2.75) is 37.3 Å². The number of nitrogens with zero attached hydrogens (tertiary/aromatic N) is 2. The van der Waals surface area contributed by atoms with Crippen molar-refractivity contribution in [2.24, 2.45) is 0 Å². The van der Waals surface area contributed by atoms with E-state index in [1.807, 2.05) is 24.3 Å². The maximum Gasteiger partial charge on any atom is 0.238 e. The van der Waals surface area contributed by atoms with E-state index in [1.54, 1.807) is 18.2 Å². The largest absolute Gasteiger partial charge is 0.325 e. The third-order valence-corrected chi connectivity index (χ3v) is 9.34. The number of piperidine rings is 1. The summed E-state index contributed by atoms with van der Waals surface area (Å²) in [5.41, 5.74) is 4.19. The van der Waals surface area contributed by atoms with Crippen molar-refractivity contribution < 1.29 is 4.79 Å². The molecule has 0 atom stereocenters. The Kier molecular flexibility index (Phi) is 9.17. The van der Waals surface area contributed by atoms with Gasteiger partial charge in [0.2, 0.25) is 5.91 Å². The van der Waals surface area contributed by atoms with Crippen molar-refractivity contribution in [3.8, 4) is 17.2 Å². The van der Waals surface area contributed by atoms with Crippen LogP contribution in [0, 0.1) is 11.3 Å². The van der Waals surface area contributed by atoms with Crippen LogP contribution in [0.3, 0.4) is 0 Å². The molecule has 0 unspecified atom stereocenters. The molecule has 0 bridgehead atoms. The van der Waals surface area contributed by atoms with Gasteiger partial charge in [0.25, 0.3) is 0 Å². The van der Waals surface area contributed by atoms with E-state index < -0.39 is 0 Å². The second-order valence-corrected chi connectivity index (χ2v) is 12.4. The van der Waals surface area contributed by atoms with Gasteiger partial charge in [0, 0.05) is 40.4 Å². The van der Waals surface area contributed by atoms with Gasteiger partial charge in [0.05, 0.1) is 18.2 Å². The predicted molar refractivity (Wildman–Crippen MR) is 163 cm³/mol. The van der Waals surface area contributed by atoms with Gasteiger partial charge in [-0.05, 0) is 84.2 Å². The zero-order valence-corrected chi connectivity index (χ0v) is 24.1. The van der Waals surface area contributed by atoms with Crippen LogP contribution in [0.5, 0.6) is 0 Å². The SMILES string of the molecule is N#Cc1cccc(-c2ccc(C3(NCC(=O)Nc4cc(Cl)cc(Cl)c4)CCN(C4CCSCC4)CC3)cc2)c1. The summed E-state index contributed by atoms with van der Waals surface area (Å²) in [5.74, 6) is 2.35. The highest BCUT2D eigenvalue weighted by atomic mass is 35.5. The molecule has 2 aliphatic heterocycles. The molecule has 3 aromatic rings. The number of anilines is 1. The van der Waals surface area contributed by atoms with Gasteiger partial charge in [0.1, 0.15) is 0 Å². The van der Waals surface area contributed by atoms with Crippen LogP contribution in [0.15, 0.2) is 66.7 Å². The van der Waals surface area contributed by atoms with E-state index >= 15 is 0 Å². The lowest BCUT2D eigenvalue weighted by atomic mass is 9.79. The number of hydrogen-bond donors (Lipinski definition) is 2. The summed E-state index contributed by atoms with van der Waals surface area (Å²) < 4.78 is 0. The number of rotatable bonds is 7. The molecule has 0 spiro atoms. The molecule has 0 saturated carbocycles. The van der Waals surface area contributed by atoms with Crippen LogP contribution in [0.25, 0.3) is 11.1 Å². The smallest absolute Gasteiger partial charge is 0.238 e. The third kappa shape index (κ3) is 6.98. The predicted octanol–water partition coefficient (Wildman–Crippen LogP) is 6.95. The summed E-state index contributed by atoms with van der Waals surface area (Å²) in [6.07, 6.45) is 4.37. The van der Waals surface area contributed by atoms with Crippen molar-refractivity contribution in [3.63, 3.8) is 0 Å².